The molecule has 1 aliphatic carbocycles. The number of hydrogen-bond acceptors (Lipinski definition) is 6. The lowest BCUT2D eigenvalue weighted by molar-refractivity contribution is 0.0762. The average Bonchev–Trinajstić information content (AvgIpc) is 3.32. The van der Waals surface area contributed by atoms with Crippen molar-refractivity contribution in [2.75, 3.05) is 23.7 Å². The molecule has 1 fully saturated rings. The minimum absolute atomic E-state index is 0.0420. The summed E-state index contributed by atoms with van der Waals surface area (Å²) in [5.74, 6) is 0.688. The summed E-state index contributed by atoms with van der Waals surface area (Å²) in [4.78, 5) is 26.3. The van der Waals surface area contributed by atoms with Gasteiger partial charge in [-0.3, -0.25) is 4.79 Å². The third-order valence-electron chi connectivity index (χ3n) is 7.89. The summed E-state index contributed by atoms with van der Waals surface area (Å²) in [6.07, 6.45) is 2.89. The molecule has 35 heavy (non-hydrogen) atoms. The molecule has 3 heterocycles. The molecule has 1 amide bonds. The number of carbonyl (C=O) groups excluding carboxylic acids is 1. The highest BCUT2D eigenvalue weighted by atomic mass is 35.5. The first-order valence-electron chi connectivity index (χ1n) is 11.8. The van der Waals surface area contributed by atoms with Gasteiger partial charge in [-0.1, -0.05) is 59.6 Å². The number of nitrogen functional groups attached to an aromatic ring is 1. The predicted molar refractivity (Wildman–Crippen MR) is 137 cm³/mol. The minimum Gasteiger partial charge on any atom is -0.383 e. The second-order valence-electron chi connectivity index (χ2n) is 9.81. The Morgan fingerprint density at radius 3 is 2.60 bits per heavy atom. The fourth-order valence-corrected chi connectivity index (χ4v) is 6.22. The molecule has 0 radical (unpaired) electrons. The fraction of sp³-hybridized carbons (Fsp3) is 0.346. The maximum Gasteiger partial charge on any atom is 0.273 e. The third kappa shape index (κ3) is 3.64. The van der Waals surface area contributed by atoms with E-state index in [9.17, 15) is 4.79 Å². The van der Waals surface area contributed by atoms with Crippen LogP contribution in [0.25, 0.3) is 0 Å². The van der Waals surface area contributed by atoms with Gasteiger partial charge in [0.05, 0.1) is 16.6 Å². The Kier molecular flexibility index (Phi) is 5.40. The number of rotatable bonds is 3. The molecule has 1 spiro atoms. The van der Waals surface area contributed by atoms with Gasteiger partial charge in [0.25, 0.3) is 5.91 Å². The summed E-state index contributed by atoms with van der Waals surface area (Å²) in [5, 5.41) is 0.912. The maximum absolute atomic E-state index is 13.2. The highest BCUT2D eigenvalue weighted by Crippen LogP contribution is 2.51. The van der Waals surface area contributed by atoms with Crippen LogP contribution >= 0.6 is 23.2 Å². The lowest BCUT2D eigenvalue weighted by Crippen LogP contribution is -2.45. The Bertz CT molecular complexity index is 1340. The van der Waals surface area contributed by atoms with Crippen LogP contribution < -0.4 is 16.4 Å². The Hall–Kier alpha value is -2.87. The number of piperidine rings is 1. The number of anilines is 2. The molecule has 2 aromatic carbocycles. The molecule has 9 heteroatoms. The highest BCUT2D eigenvalue weighted by Gasteiger charge is 2.46. The monoisotopic (exact) mass is 508 g/mol. The first-order chi connectivity index (χ1) is 16.9. The van der Waals surface area contributed by atoms with Crippen LogP contribution in [0.2, 0.25) is 10.0 Å². The van der Waals surface area contributed by atoms with Gasteiger partial charge in [-0.05, 0) is 47.4 Å². The highest BCUT2D eigenvalue weighted by molar-refractivity contribution is 6.42. The van der Waals surface area contributed by atoms with Gasteiger partial charge in [-0.2, -0.15) is 4.98 Å². The van der Waals surface area contributed by atoms with Gasteiger partial charge in [-0.25, -0.2) is 4.98 Å². The molecule has 3 aromatic rings. The summed E-state index contributed by atoms with van der Waals surface area (Å²) >= 11 is 12.5. The number of fused-ring (bicyclic) bond motifs is 2. The van der Waals surface area contributed by atoms with E-state index in [0.29, 0.717) is 46.2 Å². The zero-order valence-corrected chi connectivity index (χ0v) is 20.7. The number of hydrogen-bond donors (Lipinski definition) is 2. The standard InChI is InChI=1S/C26H26Cl2N6O/c27-19-7-3-5-16(20(19)28)13-34-14-18-21(24(34)35)31-25(32-23(18)30)33-10-8-26(9-11-33)12-15-4-1-2-6-17(15)22(26)29/h1-7,22H,8-14,29H2,(H2,30,31,32)/t22-/m1/s1. The first kappa shape index (κ1) is 22.6. The van der Waals surface area contributed by atoms with Crippen LogP contribution in [0, 0.1) is 5.41 Å². The van der Waals surface area contributed by atoms with E-state index in [1.165, 1.54) is 11.1 Å². The molecule has 4 N–H and O–H groups in total. The topological polar surface area (TPSA) is 101 Å². The molecule has 0 bridgehead atoms. The zero-order chi connectivity index (χ0) is 24.3. The first-order valence-corrected chi connectivity index (χ1v) is 12.6. The SMILES string of the molecule is Nc1nc(N2CCC3(CC2)Cc2ccccc2[C@H]3N)nc2c1CN(Cc1cccc(Cl)c1Cl)C2=O. The largest absolute Gasteiger partial charge is 0.383 e. The van der Waals surface area contributed by atoms with Crippen molar-refractivity contribution in [2.45, 2.75) is 38.4 Å². The van der Waals surface area contributed by atoms with Crippen molar-refractivity contribution < 1.29 is 4.79 Å². The van der Waals surface area contributed by atoms with E-state index in [1.807, 2.05) is 12.1 Å². The van der Waals surface area contributed by atoms with Crippen molar-refractivity contribution in [1.82, 2.24) is 14.9 Å². The van der Waals surface area contributed by atoms with Crippen LogP contribution in [0.5, 0.6) is 0 Å². The van der Waals surface area contributed by atoms with Crippen molar-refractivity contribution in [3.63, 3.8) is 0 Å². The Balaban J connectivity index is 1.20. The van der Waals surface area contributed by atoms with Crippen LogP contribution in [0.3, 0.4) is 0 Å². The van der Waals surface area contributed by atoms with Gasteiger partial charge in [0.15, 0.2) is 0 Å². The predicted octanol–water partition coefficient (Wildman–Crippen LogP) is 4.36. The average molecular weight is 509 g/mol. The fourth-order valence-electron chi connectivity index (χ4n) is 5.84. The lowest BCUT2D eigenvalue weighted by Gasteiger charge is -2.42. The number of nitrogens with zero attached hydrogens (tertiary/aromatic N) is 4. The van der Waals surface area contributed by atoms with E-state index < -0.39 is 0 Å². The second kappa shape index (κ2) is 8.36. The smallest absolute Gasteiger partial charge is 0.273 e. The van der Waals surface area contributed by atoms with E-state index in [-0.39, 0.29) is 17.4 Å². The molecule has 1 saturated heterocycles. The normalized spacial score (nSPS) is 20.4. The summed E-state index contributed by atoms with van der Waals surface area (Å²) in [5.41, 5.74) is 17.5. The van der Waals surface area contributed by atoms with E-state index in [4.69, 9.17) is 34.7 Å². The molecule has 6 rings (SSSR count). The van der Waals surface area contributed by atoms with Gasteiger partial charge in [-0.15, -0.1) is 0 Å². The number of amides is 1. The third-order valence-corrected chi connectivity index (χ3v) is 8.75. The molecule has 0 saturated carbocycles. The number of aromatic nitrogens is 2. The van der Waals surface area contributed by atoms with E-state index in [2.05, 4.69) is 39.1 Å². The molecule has 2 aliphatic heterocycles. The zero-order valence-electron chi connectivity index (χ0n) is 19.2. The second-order valence-corrected chi connectivity index (χ2v) is 10.6. The van der Waals surface area contributed by atoms with Gasteiger partial charge in [0.2, 0.25) is 5.95 Å². The van der Waals surface area contributed by atoms with E-state index >= 15 is 0 Å². The van der Waals surface area contributed by atoms with Crippen LogP contribution in [-0.4, -0.2) is 33.9 Å². The summed E-state index contributed by atoms with van der Waals surface area (Å²) in [7, 11) is 0. The van der Waals surface area contributed by atoms with E-state index in [0.717, 1.165) is 37.9 Å². The molecule has 1 atom stereocenters. The van der Waals surface area contributed by atoms with Gasteiger partial charge in [0.1, 0.15) is 11.5 Å². The van der Waals surface area contributed by atoms with Crippen LogP contribution in [0.1, 0.15) is 51.6 Å². The molecule has 7 nitrogen and oxygen atoms in total. The number of carbonyl (C=O) groups is 1. The maximum atomic E-state index is 13.2. The van der Waals surface area contributed by atoms with Gasteiger partial charge in [0, 0.05) is 31.2 Å². The summed E-state index contributed by atoms with van der Waals surface area (Å²) < 4.78 is 0. The summed E-state index contributed by atoms with van der Waals surface area (Å²) in [6, 6.07) is 13.9. The van der Waals surface area contributed by atoms with Crippen LogP contribution in [-0.2, 0) is 19.5 Å². The van der Waals surface area contributed by atoms with Gasteiger partial charge >= 0.3 is 0 Å². The quantitative estimate of drug-likeness (QED) is 0.544. The van der Waals surface area contributed by atoms with Crippen molar-refractivity contribution in [3.05, 3.63) is 80.5 Å². The number of nitrogens with two attached hydrogens (primary N) is 2. The van der Waals surface area contributed by atoms with Crippen molar-refractivity contribution in [3.8, 4) is 0 Å². The molecule has 3 aliphatic rings. The lowest BCUT2D eigenvalue weighted by atomic mass is 9.73. The summed E-state index contributed by atoms with van der Waals surface area (Å²) in [6.45, 7) is 2.22. The van der Waals surface area contributed by atoms with Crippen LogP contribution in [0.4, 0.5) is 11.8 Å². The van der Waals surface area contributed by atoms with E-state index in [1.54, 1.807) is 11.0 Å². The molecule has 0 unspecified atom stereocenters. The Morgan fingerprint density at radius 2 is 1.83 bits per heavy atom. The Labute approximate surface area is 214 Å². The van der Waals surface area contributed by atoms with Crippen molar-refractivity contribution >= 4 is 40.9 Å². The van der Waals surface area contributed by atoms with Crippen molar-refractivity contribution in [2.24, 2.45) is 11.1 Å². The minimum atomic E-state index is -0.173. The van der Waals surface area contributed by atoms with Crippen LogP contribution in [0.15, 0.2) is 42.5 Å². The van der Waals surface area contributed by atoms with Gasteiger partial charge < -0.3 is 21.3 Å². The molecule has 180 valence electrons. The molecular weight excluding hydrogens is 483 g/mol. The number of halogens is 2. The number of benzene rings is 2. The Morgan fingerprint density at radius 1 is 1.06 bits per heavy atom. The molecular formula is C26H26Cl2N6O. The molecule has 1 aromatic heterocycles. The van der Waals surface area contributed by atoms with Crippen molar-refractivity contribution in [1.29, 1.82) is 0 Å².